The lowest BCUT2D eigenvalue weighted by molar-refractivity contribution is -0.139. The third-order valence-corrected chi connectivity index (χ3v) is 6.54. The molecule has 0 saturated heterocycles. The summed E-state index contributed by atoms with van der Waals surface area (Å²) in [6.07, 6.45) is 14.5. The number of rotatable bonds is 23. The van der Waals surface area contributed by atoms with Crippen molar-refractivity contribution < 1.29 is 29.4 Å². The number of nitrogens with one attached hydrogen (secondary N) is 2. The van der Waals surface area contributed by atoms with Crippen LogP contribution in [-0.4, -0.2) is 46.6 Å². The van der Waals surface area contributed by atoms with Gasteiger partial charge in [0.05, 0.1) is 0 Å². The Balaban J connectivity index is 2.02. The zero-order valence-corrected chi connectivity index (χ0v) is 22.7. The van der Waals surface area contributed by atoms with Crippen LogP contribution in [0.5, 0.6) is 0 Å². The Morgan fingerprint density at radius 3 is 1.74 bits per heavy atom. The van der Waals surface area contributed by atoms with E-state index in [1.807, 2.05) is 12.1 Å². The van der Waals surface area contributed by atoms with Gasteiger partial charge in [-0.05, 0) is 49.8 Å². The van der Waals surface area contributed by atoms with E-state index in [9.17, 15) is 19.2 Å². The minimum absolute atomic E-state index is 0.0392. The predicted octanol–water partition coefficient (Wildman–Crippen LogP) is 4.77. The summed E-state index contributed by atoms with van der Waals surface area (Å²) >= 11 is 0. The molecule has 0 radical (unpaired) electrons. The predicted molar refractivity (Wildman–Crippen MR) is 148 cm³/mol. The van der Waals surface area contributed by atoms with E-state index < -0.39 is 18.0 Å². The second-order valence-electron chi connectivity index (χ2n) is 9.95. The van der Waals surface area contributed by atoms with Gasteiger partial charge in [-0.1, -0.05) is 69.9 Å². The first-order valence-corrected chi connectivity index (χ1v) is 14.1. The summed E-state index contributed by atoms with van der Waals surface area (Å²) in [5, 5.41) is 23.1. The van der Waals surface area contributed by atoms with Gasteiger partial charge < -0.3 is 26.6 Å². The molecule has 0 fully saturated rings. The largest absolute Gasteiger partial charge is 0.481 e. The number of aliphatic carboxylic acids is 2. The number of carbonyl (C=O) groups excluding carboxylic acids is 2. The van der Waals surface area contributed by atoms with E-state index in [0.29, 0.717) is 44.3 Å². The fraction of sp³-hybridized carbons (Fsp3) is 0.655. The number of carboxylic acid groups (broad SMARTS) is 2. The van der Waals surface area contributed by atoms with E-state index >= 15 is 0 Å². The number of hydrogen-bond donors (Lipinski definition) is 5. The fourth-order valence-corrected chi connectivity index (χ4v) is 4.13. The van der Waals surface area contributed by atoms with Gasteiger partial charge in [0.15, 0.2) is 0 Å². The summed E-state index contributed by atoms with van der Waals surface area (Å²) in [4.78, 5) is 45.5. The molecular formula is C29H47N3O6. The van der Waals surface area contributed by atoms with Crippen LogP contribution in [0.25, 0.3) is 0 Å². The average Bonchev–Trinajstić information content (AvgIpc) is 2.89. The maximum absolute atomic E-state index is 12.2. The van der Waals surface area contributed by atoms with Crippen LogP contribution in [0.1, 0.15) is 119 Å². The van der Waals surface area contributed by atoms with Gasteiger partial charge in [0.1, 0.15) is 6.04 Å². The van der Waals surface area contributed by atoms with Crippen LogP contribution in [0.2, 0.25) is 0 Å². The highest BCUT2D eigenvalue weighted by Gasteiger charge is 2.10. The number of carboxylic acids is 2. The summed E-state index contributed by atoms with van der Waals surface area (Å²) in [6, 6.07) is 6.27. The van der Waals surface area contributed by atoms with Crippen molar-refractivity contribution in [2.45, 2.75) is 115 Å². The molecular weight excluding hydrogens is 486 g/mol. The second-order valence-corrected chi connectivity index (χ2v) is 9.95. The van der Waals surface area contributed by atoms with Gasteiger partial charge in [0, 0.05) is 31.5 Å². The zero-order chi connectivity index (χ0) is 28.0. The Kier molecular flexibility index (Phi) is 18.3. The highest BCUT2D eigenvalue weighted by molar-refractivity contribution is 5.94. The number of carbonyl (C=O) groups is 4. The SMILES string of the molecule is NC(CCCCNC(=O)c1ccc(CNC(=O)CCCCCCCCCCCCCC(=O)O)cc1)C(=O)O. The van der Waals surface area contributed by atoms with Gasteiger partial charge >= 0.3 is 11.9 Å². The zero-order valence-electron chi connectivity index (χ0n) is 22.7. The van der Waals surface area contributed by atoms with Gasteiger partial charge in [-0.2, -0.15) is 0 Å². The van der Waals surface area contributed by atoms with Crippen molar-refractivity contribution in [1.82, 2.24) is 10.6 Å². The monoisotopic (exact) mass is 533 g/mol. The van der Waals surface area contributed by atoms with Gasteiger partial charge in [-0.15, -0.1) is 0 Å². The topological polar surface area (TPSA) is 159 Å². The van der Waals surface area contributed by atoms with E-state index in [1.165, 1.54) is 32.1 Å². The molecule has 6 N–H and O–H groups in total. The first-order chi connectivity index (χ1) is 18.3. The van der Waals surface area contributed by atoms with Crippen LogP contribution in [0.4, 0.5) is 0 Å². The van der Waals surface area contributed by atoms with Crippen molar-refractivity contribution in [3.8, 4) is 0 Å². The summed E-state index contributed by atoms with van der Waals surface area (Å²) in [7, 11) is 0. The number of hydrogen-bond acceptors (Lipinski definition) is 5. The molecule has 2 amide bonds. The minimum atomic E-state index is -1.01. The smallest absolute Gasteiger partial charge is 0.320 e. The van der Waals surface area contributed by atoms with Crippen molar-refractivity contribution in [3.63, 3.8) is 0 Å². The molecule has 214 valence electrons. The number of amides is 2. The molecule has 0 saturated carbocycles. The number of nitrogens with two attached hydrogens (primary N) is 1. The van der Waals surface area contributed by atoms with Crippen molar-refractivity contribution in [1.29, 1.82) is 0 Å². The van der Waals surface area contributed by atoms with Crippen LogP contribution < -0.4 is 16.4 Å². The average molecular weight is 534 g/mol. The molecule has 9 nitrogen and oxygen atoms in total. The first kappa shape index (κ1) is 33.1. The highest BCUT2D eigenvalue weighted by atomic mass is 16.4. The maximum atomic E-state index is 12.2. The van der Waals surface area contributed by atoms with Crippen LogP contribution in [-0.2, 0) is 20.9 Å². The molecule has 0 aliphatic rings. The lowest BCUT2D eigenvalue weighted by Gasteiger charge is -2.09. The highest BCUT2D eigenvalue weighted by Crippen LogP contribution is 2.13. The first-order valence-electron chi connectivity index (χ1n) is 14.1. The summed E-state index contributed by atoms with van der Waals surface area (Å²) in [6.45, 7) is 0.890. The third kappa shape index (κ3) is 17.5. The van der Waals surface area contributed by atoms with Crippen LogP contribution in [0, 0.1) is 0 Å². The summed E-state index contributed by atoms with van der Waals surface area (Å²) in [5.41, 5.74) is 6.93. The van der Waals surface area contributed by atoms with E-state index in [0.717, 1.165) is 44.1 Å². The maximum Gasteiger partial charge on any atom is 0.320 e. The Bertz CT molecular complexity index is 828. The molecule has 1 aromatic carbocycles. The summed E-state index contributed by atoms with van der Waals surface area (Å²) < 4.78 is 0. The quantitative estimate of drug-likeness (QED) is 0.127. The Hall–Kier alpha value is -2.94. The molecule has 1 aromatic rings. The Morgan fingerprint density at radius 2 is 1.21 bits per heavy atom. The molecule has 0 aromatic heterocycles. The lowest BCUT2D eigenvalue weighted by atomic mass is 10.0. The standard InChI is InChI=1S/C29H47N3O6/c30-25(29(37)38)14-12-13-21-31-28(36)24-19-17-23(18-20-24)22-32-26(33)15-10-8-6-4-2-1-3-5-7-9-11-16-27(34)35/h17-20,25H,1-16,21-22,30H2,(H,31,36)(H,32,33)(H,34,35)(H,37,38). The third-order valence-electron chi connectivity index (χ3n) is 6.54. The molecule has 9 heteroatoms. The molecule has 0 aliphatic carbocycles. The lowest BCUT2D eigenvalue weighted by Crippen LogP contribution is -2.30. The fourth-order valence-electron chi connectivity index (χ4n) is 4.13. The normalized spacial score (nSPS) is 11.6. The van der Waals surface area contributed by atoms with Crippen LogP contribution in [0.3, 0.4) is 0 Å². The Morgan fingerprint density at radius 1 is 0.684 bits per heavy atom. The van der Waals surface area contributed by atoms with Gasteiger partial charge in [0.25, 0.3) is 5.91 Å². The van der Waals surface area contributed by atoms with E-state index in [4.69, 9.17) is 15.9 Å². The molecule has 0 heterocycles. The molecule has 1 rings (SSSR count). The van der Waals surface area contributed by atoms with Crippen molar-refractivity contribution in [2.75, 3.05) is 6.54 Å². The second kappa shape index (κ2) is 21.0. The van der Waals surface area contributed by atoms with Crippen molar-refractivity contribution in [3.05, 3.63) is 35.4 Å². The van der Waals surface area contributed by atoms with Gasteiger partial charge in [-0.25, -0.2) is 0 Å². The van der Waals surface area contributed by atoms with E-state index in [1.54, 1.807) is 12.1 Å². The molecule has 0 spiro atoms. The van der Waals surface area contributed by atoms with Crippen molar-refractivity contribution >= 4 is 23.8 Å². The molecule has 1 unspecified atom stereocenters. The van der Waals surface area contributed by atoms with Crippen LogP contribution in [0.15, 0.2) is 24.3 Å². The molecule has 0 bridgehead atoms. The van der Waals surface area contributed by atoms with E-state index in [2.05, 4.69) is 10.6 Å². The van der Waals surface area contributed by atoms with Crippen molar-refractivity contribution in [2.24, 2.45) is 5.73 Å². The number of benzene rings is 1. The number of unbranched alkanes of at least 4 members (excludes halogenated alkanes) is 11. The van der Waals surface area contributed by atoms with Crippen LogP contribution >= 0.6 is 0 Å². The van der Waals surface area contributed by atoms with Gasteiger partial charge in [0.2, 0.25) is 5.91 Å². The molecule has 0 aliphatic heterocycles. The van der Waals surface area contributed by atoms with E-state index in [-0.39, 0.29) is 18.2 Å². The minimum Gasteiger partial charge on any atom is -0.481 e. The molecule has 38 heavy (non-hydrogen) atoms. The summed E-state index contributed by atoms with van der Waals surface area (Å²) in [5.74, 6) is -1.86. The Labute approximate surface area is 226 Å². The van der Waals surface area contributed by atoms with Gasteiger partial charge in [-0.3, -0.25) is 19.2 Å². The molecule has 1 atom stereocenters.